The maximum atomic E-state index is 12.0. The average molecular weight is 265 g/mol. The van der Waals surface area contributed by atoms with Crippen molar-refractivity contribution in [3.8, 4) is 0 Å². The van der Waals surface area contributed by atoms with Gasteiger partial charge in [0, 0.05) is 30.7 Å². The van der Waals surface area contributed by atoms with E-state index in [0.717, 1.165) is 11.4 Å². The van der Waals surface area contributed by atoms with E-state index in [2.05, 4.69) is 15.4 Å². The van der Waals surface area contributed by atoms with Crippen LogP contribution in [0.4, 0.5) is 5.82 Å². The van der Waals surface area contributed by atoms with Gasteiger partial charge in [-0.1, -0.05) is 11.6 Å². The molecule has 2 heterocycles. The van der Waals surface area contributed by atoms with Gasteiger partial charge < -0.3 is 5.32 Å². The van der Waals surface area contributed by atoms with E-state index in [-0.39, 0.29) is 5.91 Å². The maximum absolute atomic E-state index is 12.0. The van der Waals surface area contributed by atoms with Gasteiger partial charge in [-0.15, -0.1) is 0 Å². The number of nitrogens with zero attached hydrogens (tertiary/aromatic N) is 3. The van der Waals surface area contributed by atoms with Crippen molar-refractivity contribution in [1.82, 2.24) is 14.8 Å². The predicted octanol–water partition coefficient (Wildman–Crippen LogP) is 2.34. The Bertz CT molecular complexity index is 587. The van der Waals surface area contributed by atoms with Gasteiger partial charge in [0.1, 0.15) is 0 Å². The number of aryl methyl sites for hydroxylation is 3. The van der Waals surface area contributed by atoms with E-state index in [0.29, 0.717) is 16.4 Å². The van der Waals surface area contributed by atoms with Crippen LogP contribution in [0.15, 0.2) is 18.3 Å². The molecule has 2 aromatic heterocycles. The Morgan fingerprint density at radius 3 is 2.67 bits per heavy atom. The van der Waals surface area contributed by atoms with Crippen LogP contribution in [-0.4, -0.2) is 20.7 Å². The zero-order chi connectivity index (χ0) is 13.3. The SMILES string of the molecule is Cc1cc(Cl)c(C(=O)Nc2cc(C)n(C)n2)cn1. The fourth-order valence-electron chi connectivity index (χ4n) is 1.50. The summed E-state index contributed by atoms with van der Waals surface area (Å²) in [5, 5.41) is 7.21. The van der Waals surface area contributed by atoms with Crippen molar-refractivity contribution in [2.24, 2.45) is 7.05 Å². The summed E-state index contributed by atoms with van der Waals surface area (Å²) in [7, 11) is 1.81. The Morgan fingerprint density at radius 1 is 1.39 bits per heavy atom. The van der Waals surface area contributed by atoms with Gasteiger partial charge in [-0.25, -0.2) is 0 Å². The van der Waals surface area contributed by atoms with E-state index in [1.54, 1.807) is 16.8 Å². The van der Waals surface area contributed by atoms with Gasteiger partial charge in [-0.3, -0.25) is 14.5 Å². The first-order valence-corrected chi connectivity index (χ1v) is 5.79. The molecular formula is C12H13ClN4O. The van der Waals surface area contributed by atoms with Gasteiger partial charge >= 0.3 is 0 Å². The molecule has 0 aliphatic carbocycles. The lowest BCUT2D eigenvalue weighted by Gasteiger charge is -2.04. The van der Waals surface area contributed by atoms with Gasteiger partial charge in [0.05, 0.1) is 10.6 Å². The highest BCUT2D eigenvalue weighted by molar-refractivity contribution is 6.34. The molecular weight excluding hydrogens is 252 g/mol. The standard InChI is InChI=1S/C12H13ClN4O/c1-7-4-10(13)9(6-14-7)12(18)15-11-5-8(2)17(3)16-11/h4-6H,1-3H3,(H,15,16,18). The number of rotatable bonds is 2. The van der Waals surface area contributed by atoms with Crippen LogP contribution in [0.1, 0.15) is 21.7 Å². The van der Waals surface area contributed by atoms with Gasteiger partial charge in [0.15, 0.2) is 5.82 Å². The van der Waals surface area contributed by atoms with Crippen molar-refractivity contribution in [3.63, 3.8) is 0 Å². The molecule has 1 N–H and O–H groups in total. The maximum Gasteiger partial charge on any atom is 0.259 e. The molecule has 0 aliphatic rings. The highest BCUT2D eigenvalue weighted by Gasteiger charge is 2.13. The molecule has 2 rings (SSSR count). The van der Waals surface area contributed by atoms with E-state index in [1.807, 2.05) is 20.9 Å². The van der Waals surface area contributed by atoms with E-state index < -0.39 is 0 Å². The summed E-state index contributed by atoms with van der Waals surface area (Å²) < 4.78 is 1.69. The number of halogens is 1. The summed E-state index contributed by atoms with van der Waals surface area (Å²) in [5.41, 5.74) is 2.06. The molecule has 0 aliphatic heterocycles. The van der Waals surface area contributed by atoms with E-state index in [1.165, 1.54) is 6.20 Å². The molecule has 0 atom stereocenters. The third-order valence-corrected chi connectivity index (χ3v) is 2.90. The van der Waals surface area contributed by atoms with E-state index in [4.69, 9.17) is 11.6 Å². The van der Waals surface area contributed by atoms with Crippen molar-refractivity contribution >= 4 is 23.3 Å². The highest BCUT2D eigenvalue weighted by atomic mass is 35.5. The molecule has 5 nitrogen and oxygen atoms in total. The Hall–Kier alpha value is -1.88. The molecule has 2 aromatic rings. The first-order chi connectivity index (χ1) is 8.47. The largest absolute Gasteiger partial charge is 0.305 e. The summed E-state index contributed by atoms with van der Waals surface area (Å²) in [6, 6.07) is 3.44. The molecule has 0 spiro atoms. The number of hydrogen-bond donors (Lipinski definition) is 1. The van der Waals surface area contributed by atoms with Gasteiger partial charge in [-0.2, -0.15) is 5.10 Å². The van der Waals surface area contributed by atoms with Crippen LogP contribution in [0.5, 0.6) is 0 Å². The van der Waals surface area contributed by atoms with Crippen LogP contribution in [-0.2, 0) is 7.05 Å². The fraction of sp³-hybridized carbons (Fsp3) is 0.250. The molecule has 6 heteroatoms. The number of hydrogen-bond acceptors (Lipinski definition) is 3. The minimum atomic E-state index is -0.314. The summed E-state index contributed by atoms with van der Waals surface area (Å²) >= 11 is 6.00. The van der Waals surface area contributed by atoms with E-state index in [9.17, 15) is 4.79 Å². The summed E-state index contributed by atoms with van der Waals surface area (Å²) in [4.78, 5) is 16.0. The van der Waals surface area contributed by atoms with Crippen LogP contribution in [0.2, 0.25) is 5.02 Å². The Morgan fingerprint density at radius 2 is 2.11 bits per heavy atom. The third-order valence-electron chi connectivity index (χ3n) is 2.59. The van der Waals surface area contributed by atoms with Crippen LogP contribution in [0.3, 0.4) is 0 Å². The van der Waals surface area contributed by atoms with Crippen LogP contribution in [0, 0.1) is 13.8 Å². The Labute approximate surface area is 110 Å². The third kappa shape index (κ3) is 2.51. The number of carbonyl (C=O) groups is 1. The molecule has 18 heavy (non-hydrogen) atoms. The molecule has 0 fully saturated rings. The molecule has 0 radical (unpaired) electrons. The fourth-order valence-corrected chi connectivity index (χ4v) is 1.79. The minimum Gasteiger partial charge on any atom is -0.305 e. The van der Waals surface area contributed by atoms with Crippen molar-refractivity contribution < 1.29 is 4.79 Å². The number of anilines is 1. The number of aromatic nitrogens is 3. The predicted molar refractivity (Wildman–Crippen MR) is 69.9 cm³/mol. The lowest BCUT2D eigenvalue weighted by molar-refractivity contribution is 0.102. The quantitative estimate of drug-likeness (QED) is 0.906. The van der Waals surface area contributed by atoms with Crippen molar-refractivity contribution in [1.29, 1.82) is 0 Å². The average Bonchev–Trinajstić information content (AvgIpc) is 2.57. The normalized spacial score (nSPS) is 10.4. The highest BCUT2D eigenvalue weighted by Crippen LogP contribution is 2.17. The number of pyridine rings is 1. The lowest BCUT2D eigenvalue weighted by Crippen LogP contribution is -2.13. The van der Waals surface area contributed by atoms with Crippen molar-refractivity contribution in [3.05, 3.63) is 40.3 Å². The van der Waals surface area contributed by atoms with Crippen LogP contribution in [0.25, 0.3) is 0 Å². The van der Waals surface area contributed by atoms with Gasteiger partial charge in [-0.05, 0) is 19.9 Å². The second-order valence-electron chi connectivity index (χ2n) is 4.05. The molecule has 0 bridgehead atoms. The van der Waals surface area contributed by atoms with E-state index >= 15 is 0 Å². The van der Waals surface area contributed by atoms with Crippen molar-refractivity contribution in [2.75, 3.05) is 5.32 Å². The zero-order valence-electron chi connectivity index (χ0n) is 10.4. The van der Waals surface area contributed by atoms with Gasteiger partial charge in [0.25, 0.3) is 5.91 Å². The lowest BCUT2D eigenvalue weighted by atomic mass is 10.2. The monoisotopic (exact) mass is 264 g/mol. The van der Waals surface area contributed by atoms with Gasteiger partial charge in [0.2, 0.25) is 0 Å². The first-order valence-electron chi connectivity index (χ1n) is 5.41. The summed E-state index contributed by atoms with van der Waals surface area (Å²) in [6.45, 7) is 3.72. The summed E-state index contributed by atoms with van der Waals surface area (Å²) in [5.74, 6) is 0.183. The smallest absolute Gasteiger partial charge is 0.259 e. The number of carbonyl (C=O) groups excluding carboxylic acids is 1. The number of amides is 1. The van der Waals surface area contributed by atoms with Crippen LogP contribution < -0.4 is 5.32 Å². The first kappa shape index (κ1) is 12.6. The molecule has 0 saturated heterocycles. The molecule has 0 aromatic carbocycles. The second-order valence-corrected chi connectivity index (χ2v) is 4.46. The molecule has 1 amide bonds. The molecule has 0 saturated carbocycles. The topological polar surface area (TPSA) is 59.8 Å². The Balaban J connectivity index is 2.22. The molecule has 94 valence electrons. The minimum absolute atomic E-state index is 0.314. The summed E-state index contributed by atoms with van der Waals surface area (Å²) in [6.07, 6.45) is 1.46. The number of nitrogens with one attached hydrogen (secondary N) is 1. The zero-order valence-corrected chi connectivity index (χ0v) is 11.1. The Kier molecular flexibility index (Phi) is 3.34. The second kappa shape index (κ2) is 4.78. The molecule has 0 unspecified atom stereocenters. The van der Waals surface area contributed by atoms with Crippen molar-refractivity contribution in [2.45, 2.75) is 13.8 Å². The van der Waals surface area contributed by atoms with Crippen LogP contribution >= 0.6 is 11.6 Å².